The molecule has 0 aromatic heterocycles. The summed E-state index contributed by atoms with van der Waals surface area (Å²) in [5.41, 5.74) is -0.807. The Hall–Kier alpha value is -2.35. The lowest BCUT2D eigenvalue weighted by Gasteiger charge is -2.32. The molecule has 1 aliphatic rings. The minimum atomic E-state index is -4.55. The van der Waals surface area contributed by atoms with Crippen molar-refractivity contribution in [3.05, 3.63) is 41.5 Å². The number of allylic oxidation sites excluding steroid dienone is 1. The highest BCUT2D eigenvalue weighted by molar-refractivity contribution is 5.96. The average Bonchev–Trinajstić information content (AvgIpc) is 2.59. The number of rotatable bonds is 5. The number of amides is 1. The Kier molecular flexibility index (Phi) is 6.42. The second-order valence-corrected chi connectivity index (χ2v) is 6.07. The Balaban J connectivity index is 2.30. The van der Waals surface area contributed by atoms with Gasteiger partial charge in [0.2, 0.25) is 5.91 Å². The van der Waals surface area contributed by atoms with E-state index in [9.17, 15) is 22.8 Å². The summed E-state index contributed by atoms with van der Waals surface area (Å²) >= 11 is 0. The van der Waals surface area contributed by atoms with Gasteiger partial charge in [0.25, 0.3) is 0 Å². The highest BCUT2D eigenvalue weighted by Crippen LogP contribution is 2.34. The molecule has 1 amide bonds. The zero-order valence-electron chi connectivity index (χ0n) is 14.3. The lowest BCUT2D eigenvalue weighted by atomic mass is 9.99. The number of ether oxygens (including phenoxy) is 1. The number of hydrogen-bond acceptors (Lipinski definition) is 3. The number of carbonyl (C=O) groups is 2. The maximum atomic E-state index is 13.2. The molecule has 142 valence electrons. The van der Waals surface area contributed by atoms with Crippen LogP contribution in [0.5, 0.6) is 0 Å². The molecule has 0 unspecified atom stereocenters. The predicted octanol–water partition coefficient (Wildman–Crippen LogP) is 3.20. The van der Waals surface area contributed by atoms with Crippen molar-refractivity contribution in [3.63, 3.8) is 0 Å². The Morgan fingerprint density at radius 3 is 2.46 bits per heavy atom. The Morgan fingerprint density at radius 2 is 1.88 bits per heavy atom. The first-order valence-corrected chi connectivity index (χ1v) is 8.15. The van der Waals surface area contributed by atoms with Crippen LogP contribution in [0.2, 0.25) is 0 Å². The predicted molar refractivity (Wildman–Crippen MR) is 88.3 cm³/mol. The molecule has 0 saturated carbocycles. The van der Waals surface area contributed by atoms with Crippen molar-refractivity contribution in [2.24, 2.45) is 0 Å². The van der Waals surface area contributed by atoms with E-state index >= 15 is 0 Å². The van der Waals surface area contributed by atoms with Crippen LogP contribution in [0.25, 0.3) is 5.57 Å². The van der Waals surface area contributed by atoms with Gasteiger partial charge in [-0.15, -0.1) is 0 Å². The third-order valence-electron chi connectivity index (χ3n) is 4.22. The molecule has 1 saturated heterocycles. The Morgan fingerprint density at radius 1 is 1.27 bits per heavy atom. The largest absolute Gasteiger partial charge is 0.480 e. The zero-order valence-corrected chi connectivity index (χ0v) is 14.3. The van der Waals surface area contributed by atoms with Gasteiger partial charge >= 0.3 is 12.1 Å². The molecule has 1 fully saturated rings. The highest BCUT2D eigenvalue weighted by atomic mass is 19.4. The summed E-state index contributed by atoms with van der Waals surface area (Å²) in [5.74, 6) is -1.79. The van der Waals surface area contributed by atoms with Gasteiger partial charge in [-0.05, 0) is 37.0 Å². The molecule has 1 aromatic rings. The number of benzene rings is 1. The molecule has 1 aliphatic heterocycles. The van der Waals surface area contributed by atoms with Crippen molar-refractivity contribution in [1.82, 2.24) is 4.90 Å². The molecule has 1 heterocycles. The van der Waals surface area contributed by atoms with E-state index in [1.165, 1.54) is 30.0 Å². The van der Waals surface area contributed by atoms with Crippen molar-refractivity contribution in [1.29, 1.82) is 0 Å². The van der Waals surface area contributed by atoms with Crippen molar-refractivity contribution in [2.45, 2.75) is 32.0 Å². The minimum Gasteiger partial charge on any atom is -0.480 e. The fourth-order valence-corrected chi connectivity index (χ4v) is 2.95. The second kappa shape index (κ2) is 8.35. The molecule has 0 spiro atoms. The maximum Gasteiger partial charge on any atom is 0.416 e. The number of carboxylic acids is 1. The first-order chi connectivity index (χ1) is 12.2. The lowest BCUT2D eigenvalue weighted by Crippen LogP contribution is -2.45. The summed E-state index contributed by atoms with van der Waals surface area (Å²) in [6, 6.07) is 4.66. The number of halogens is 3. The van der Waals surface area contributed by atoms with Gasteiger partial charge < -0.3 is 14.7 Å². The van der Waals surface area contributed by atoms with Crippen LogP contribution in [-0.4, -0.2) is 47.7 Å². The van der Waals surface area contributed by atoms with Gasteiger partial charge in [-0.2, -0.15) is 13.2 Å². The summed E-state index contributed by atoms with van der Waals surface area (Å²) in [6.07, 6.45) is -2.49. The topological polar surface area (TPSA) is 66.8 Å². The number of hydrogen-bond donors (Lipinski definition) is 1. The standard InChI is InChI=1S/C18H20F3NO4/c1-12(14-4-2-3-5-15(14)18(19,20)21)10-16(23)22(11-17(24)25)13-6-8-26-9-7-13/h2-5,10,13H,6-9,11H2,1H3,(H,24,25)/b12-10+. The molecule has 26 heavy (non-hydrogen) atoms. The van der Waals surface area contributed by atoms with E-state index in [0.29, 0.717) is 26.1 Å². The van der Waals surface area contributed by atoms with E-state index in [1.54, 1.807) is 0 Å². The van der Waals surface area contributed by atoms with Gasteiger partial charge in [0.1, 0.15) is 6.54 Å². The lowest BCUT2D eigenvalue weighted by molar-refractivity contribution is -0.145. The fraction of sp³-hybridized carbons (Fsp3) is 0.444. The molecule has 0 bridgehead atoms. The average molecular weight is 371 g/mol. The van der Waals surface area contributed by atoms with Gasteiger partial charge in [0.15, 0.2) is 0 Å². The number of aliphatic carboxylic acids is 1. The minimum absolute atomic E-state index is 0.101. The van der Waals surface area contributed by atoms with E-state index in [4.69, 9.17) is 9.84 Å². The zero-order chi connectivity index (χ0) is 19.3. The van der Waals surface area contributed by atoms with Crippen LogP contribution in [-0.2, 0) is 20.5 Å². The summed E-state index contributed by atoms with van der Waals surface area (Å²) in [4.78, 5) is 24.9. The van der Waals surface area contributed by atoms with E-state index in [2.05, 4.69) is 0 Å². The van der Waals surface area contributed by atoms with E-state index in [0.717, 1.165) is 12.1 Å². The fourth-order valence-electron chi connectivity index (χ4n) is 2.95. The van der Waals surface area contributed by atoms with Crippen LogP contribution in [0.4, 0.5) is 13.2 Å². The summed E-state index contributed by atoms with van der Waals surface area (Å²) in [5, 5.41) is 9.07. The number of nitrogens with zero attached hydrogens (tertiary/aromatic N) is 1. The first kappa shape index (κ1) is 20.0. The van der Waals surface area contributed by atoms with Crippen LogP contribution in [0.15, 0.2) is 30.3 Å². The SMILES string of the molecule is C/C(=C\C(=O)N(CC(=O)O)C1CCOCC1)c1ccccc1C(F)(F)F. The molecule has 1 N–H and O–H groups in total. The Labute approximate surface area is 149 Å². The third-order valence-corrected chi connectivity index (χ3v) is 4.22. The molecular weight excluding hydrogens is 351 g/mol. The van der Waals surface area contributed by atoms with Crippen molar-refractivity contribution < 1.29 is 32.6 Å². The van der Waals surface area contributed by atoms with Gasteiger partial charge in [-0.1, -0.05) is 18.2 Å². The summed E-state index contributed by atoms with van der Waals surface area (Å²) in [7, 11) is 0. The molecule has 0 aliphatic carbocycles. The van der Waals surface area contributed by atoms with Crippen molar-refractivity contribution in [2.75, 3.05) is 19.8 Å². The monoisotopic (exact) mass is 371 g/mol. The van der Waals surface area contributed by atoms with Crippen molar-refractivity contribution in [3.8, 4) is 0 Å². The van der Waals surface area contributed by atoms with Crippen LogP contribution >= 0.6 is 0 Å². The molecule has 5 nitrogen and oxygen atoms in total. The van der Waals surface area contributed by atoms with Crippen LogP contribution in [0.3, 0.4) is 0 Å². The van der Waals surface area contributed by atoms with Crippen molar-refractivity contribution >= 4 is 17.4 Å². The third kappa shape index (κ3) is 5.08. The van der Waals surface area contributed by atoms with Crippen LogP contribution < -0.4 is 0 Å². The quantitative estimate of drug-likeness (QED) is 0.808. The van der Waals surface area contributed by atoms with Gasteiger partial charge in [-0.25, -0.2) is 0 Å². The molecule has 1 aromatic carbocycles. The molecule has 0 radical (unpaired) electrons. The van der Waals surface area contributed by atoms with E-state index < -0.39 is 30.2 Å². The van der Waals surface area contributed by atoms with E-state index in [-0.39, 0.29) is 17.2 Å². The van der Waals surface area contributed by atoms with E-state index in [1.807, 2.05) is 0 Å². The molecule has 2 rings (SSSR count). The van der Waals surface area contributed by atoms with Crippen LogP contribution in [0.1, 0.15) is 30.9 Å². The number of carboxylic acid groups (broad SMARTS) is 1. The molecule has 8 heteroatoms. The summed E-state index contributed by atoms with van der Waals surface area (Å²) < 4.78 is 44.7. The number of alkyl halides is 3. The van der Waals surface area contributed by atoms with Gasteiger partial charge in [0.05, 0.1) is 5.56 Å². The highest BCUT2D eigenvalue weighted by Gasteiger charge is 2.33. The second-order valence-electron chi connectivity index (χ2n) is 6.07. The van der Waals surface area contributed by atoms with Gasteiger partial charge in [-0.3, -0.25) is 9.59 Å². The first-order valence-electron chi connectivity index (χ1n) is 8.15. The maximum absolute atomic E-state index is 13.2. The number of carbonyl (C=O) groups excluding carboxylic acids is 1. The van der Waals surface area contributed by atoms with Gasteiger partial charge in [0, 0.05) is 25.3 Å². The normalized spacial score (nSPS) is 16.4. The molecule has 0 atom stereocenters. The Bertz CT molecular complexity index is 694. The molecular formula is C18H20F3NO4. The smallest absolute Gasteiger partial charge is 0.416 e. The van der Waals surface area contributed by atoms with Crippen LogP contribution in [0, 0.1) is 0 Å². The summed E-state index contributed by atoms with van der Waals surface area (Å²) in [6.45, 7) is 1.72.